The zero-order valence-electron chi connectivity index (χ0n) is 26.2. The fourth-order valence-electron chi connectivity index (χ4n) is 3.91. The van der Waals surface area contributed by atoms with E-state index >= 15 is 0 Å². The van der Waals surface area contributed by atoms with Gasteiger partial charge in [-0.2, -0.15) is 0 Å². The fraction of sp³-hybridized carbons (Fsp3) is 0.515. The molecule has 1 aromatic rings. The number of hydrogen-bond donors (Lipinski definition) is 3. The molecular weight excluding hydrogens is 482 g/mol. The predicted octanol–water partition coefficient (Wildman–Crippen LogP) is 8.35. The van der Waals surface area contributed by atoms with Gasteiger partial charge in [0.25, 0.3) is 0 Å². The number of nitrogens with zero attached hydrogens (tertiary/aromatic N) is 2. The van der Waals surface area contributed by atoms with Gasteiger partial charge < -0.3 is 20.9 Å². The van der Waals surface area contributed by atoms with Gasteiger partial charge >= 0.3 is 6.03 Å². The summed E-state index contributed by atoms with van der Waals surface area (Å²) in [5.74, 6) is 1.29. The Morgan fingerprint density at radius 2 is 1.64 bits per heavy atom. The minimum Gasteiger partial charge on any atom is -0.371 e. The van der Waals surface area contributed by atoms with Crippen molar-refractivity contribution >= 4 is 23.2 Å². The van der Waals surface area contributed by atoms with Gasteiger partial charge in [-0.3, -0.25) is 0 Å². The first-order valence-corrected chi connectivity index (χ1v) is 14.2. The van der Waals surface area contributed by atoms with Gasteiger partial charge in [-0.25, -0.2) is 9.79 Å². The van der Waals surface area contributed by atoms with Crippen LogP contribution < -0.4 is 20.9 Å². The number of carbonyl (C=O) groups excluding carboxylic acids is 1. The van der Waals surface area contributed by atoms with E-state index in [4.69, 9.17) is 4.99 Å². The van der Waals surface area contributed by atoms with Crippen LogP contribution in [0, 0.1) is 18.8 Å². The number of aliphatic imine (C=N–C) groups is 1. The van der Waals surface area contributed by atoms with Gasteiger partial charge in [0.2, 0.25) is 0 Å². The third kappa shape index (κ3) is 12.4. The summed E-state index contributed by atoms with van der Waals surface area (Å²) in [6.07, 6.45) is 7.78. The number of hydrogen-bond acceptors (Lipinski definition) is 3. The summed E-state index contributed by atoms with van der Waals surface area (Å²) < 4.78 is 0. The smallest absolute Gasteiger partial charge is 0.319 e. The molecule has 0 bridgehead atoms. The van der Waals surface area contributed by atoms with Crippen molar-refractivity contribution in [1.82, 2.24) is 10.6 Å². The lowest BCUT2D eigenvalue weighted by Crippen LogP contribution is -2.45. The number of urea groups is 1. The minimum absolute atomic E-state index is 0.188. The van der Waals surface area contributed by atoms with Crippen LogP contribution in [-0.2, 0) is 0 Å². The summed E-state index contributed by atoms with van der Waals surface area (Å²) in [6.45, 7) is 31.2. The molecule has 6 nitrogen and oxygen atoms in total. The van der Waals surface area contributed by atoms with Crippen molar-refractivity contribution in [2.24, 2.45) is 16.8 Å². The molecule has 0 aromatic heterocycles. The van der Waals surface area contributed by atoms with E-state index in [1.807, 2.05) is 33.0 Å². The van der Waals surface area contributed by atoms with Gasteiger partial charge in [0.05, 0.1) is 0 Å². The average molecular weight is 536 g/mol. The van der Waals surface area contributed by atoms with Gasteiger partial charge in [-0.1, -0.05) is 60.8 Å². The lowest BCUT2D eigenvalue weighted by molar-refractivity contribution is 0.235. The maximum atomic E-state index is 12.2. The number of rotatable bonds is 13. The second-order valence-electron chi connectivity index (χ2n) is 11.7. The highest BCUT2D eigenvalue weighted by atomic mass is 16.2. The number of carbonyl (C=O) groups is 1. The van der Waals surface area contributed by atoms with Crippen molar-refractivity contribution in [3.8, 4) is 0 Å². The molecule has 0 aliphatic heterocycles. The maximum absolute atomic E-state index is 12.2. The molecular formula is C33H53N5O. The number of amides is 2. The second kappa shape index (κ2) is 16.0. The first-order chi connectivity index (χ1) is 18.2. The summed E-state index contributed by atoms with van der Waals surface area (Å²) in [6, 6.07) is 6.25. The molecule has 6 heteroatoms. The number of allylic oxidation sites excluding steroid dienone is 4. The number of aryl methyl sites for hydroxylation is 1. The van der Waals surface area contributed by atoms with Crippen LogP contribution >= 0.6 is 0 Å². The Kier molecular flexibility index (Phi) is 13.8. The van der Waals surface area contributed by atoms with E-state index in [1.165, 1.54) is 11.3 Å². The van der Waals surface area contributed by atoms with Crippen LogP contribution in [-0.4, -0.2) is 30.5 Å². The van der Waals surface area contributed by atoms with Gasteiger partial charge in [-0.05, 0) is 87.4 Å². The summed E-state index contributed by atoms with van der Waals surface area (Å²) >= 11 is 0. The number of nitrogens with one attached hydrogen (secondary N) is 3. The van der Waals surface area contributed by atoms with E-state index in [2.05, 4.69) is 101 Å². The van der Waals surface area contributed by atoms with Crippen molar-refractivity contribution in [2.75, 3.05) is 23.3 Å². The minimum atomic E-state index is -0.330. The summed E-state index contributed by atoms with van der Waals surface area (Å²) in [7, 11) is 0. The van der Waals surface area contributed by atoms with E-state index in [-0.39, 0.29) is 23.4 Å². The molecule has 0 fully saturated rings. The Balaban J connectivity index is 3.21. The highest BCUT2D eigenvalue weighted by molar-refractivity contribution is 5.97. The Morgan fingerprint density at radius 1 is 1.03 bits per heavy atom. The topological polar surface area (TPSA) is 68.8 Å². The van der Waals surface area contributed by atoms with Gasteiger partial charge in [0.15, 0.2) is 0 Å². The Morgan fingerprint density at radius 3 is 2.13 bits per heavy atom. The average Bonchev–Trinajstić information content (AvgIpc) is 2.81. The summed E-state index contributed by atoms with van der Waals surface area (Å²) in [4.78, 5) is 19.5. The van der Waals surface area contributed by atoms with Crippen molar-refractivity contribution in [1.29, 1.82) is 0 Å². The Hall–Kier alpha value is -3.28. The molecule has 39 heavy (non-hydrogen) atoms. The Labute approximate surface area is 238 Å². The van der Waals surface area contributed by atoms with Gasteiger partial charge in [-0.15, -0.1) is 0 Å². The number of benzene rings is 1. The standard InChI is InChI=1S/C33H53N5O/c1-13-19-38(20-14-2)30-18-17-29(21-25(30)7)36-31(24(5)6)34-22-28(27(9)23(3)4)16-15-26(8)35-32(39)37-33(10,11)12/h15-18,21-24H,8-9,13-14,19-20H2,1-7,10-12H3,(H,34,36)(H2,35,37,39)/b16-15-,28-22-. The highest BCUT2D eigenvalue weighted by Gasteiger charge is 2.14. The predicted molar refractivity (Wildman–Crippen MR) is 172 cm³/mol. The molecule has 1 rings (SSSR count). The molecule has 0 spiro atoms. The molecule has 216 valence electrons. The third-order valence-corrected chi connectivity index (χ3v) is 5.98. The molecule has 0 saturated heterocycles. The summed E-state index contributed by atoms with van der Waals surface area (Å²) in [5.41, 5.74) is 5.55. The van der Waals surface area contributed by atoms with Gasteiger partial charge in [0, 0.05) is 47.8 Å². The second-order valence-corrected chi connectivity index (χ2v) is 11.7. The lowest BCUT2D eigenvalue weighted by Gasteiger charge is -2.26. The highest BCUT2D eigenvalue weighted by Crippen LogP contribution is 2.25. The molecule has 0 atom stereocenters. The van der Waals surface area contributed by atoms with E-state index < -0.39 is 0 Å². The molecule has 0 saturated carbocycles. The first kappa shape index (κ1) is 33.7. The largest absolute Gasteiger partial charge is 0.371 e. The molecule has 2 amide bonds. The van der Waals surface area contributed by atoms with Crippen LogP contribution in [0.15, 0.2) is 71.5 Å². The number of amidine groups is 1. The molecule has 0 unspecified atom stereocenters. The maximum Gasteiger partial charge on any atom is 0.319 e. The van der Waals surface area contributed by atoms with E-state index in [1.54, 1.807) is 6.08 Å². The molecule has 0 radical (unpaired) electrons. The first-order valence-electron chi connectivity index (χ1n) is 14.2. The monoisotopic (exact) mass is 535 g/mol. The zero-order chi connectivity index (χ0) is 29.8. The number of anilines is 2. The molecule has 0 aliphatic rings. The normalized spacial score (nSPS) is 12.7. The fourth-order valence-corrected chi connectivity index (χ4v) is 3.91. The van der Waals surface area contributed by atoms with E-state index in [0.717, 1.165) is 48.6 Å². The third-order valence-electron chi connectivity index (χ3n) is 5.98. The van der Waals surface area contributed by atoms with Crippen LogP contribution in [0.4, 0.5) is 16.2 Å². The lowest BCUT2D eigenvalue weighted by atomic mass is 9.97. The van der Waals surface area contributed by atoms with E-state index in [0.29, 0.717) is 5.70 Å². The zero-order valence-corrected chi connectivity index (χ0v) is 26.2. The quantitative estimate of drug-likeness (QED) is 0.135. The molecule has 1 aromatic carbocycles. The van der Waals surface area contributed by atoms with E-state index in [9.17, 15) is 4.79 Å². The Bertz CT molecular complexity index is 1060. The molecule has 0 heterocycles. The van der Waals surface area contributed by atoms with Crippen LogP contribution in [0.5, 0.6) is 0 Å². The SMILES string of the molecule is C=C(/C=C\C(=C\N=C(Nc1ccc(N(CCC)CCC)c(C)c1)C(C)C)C(=C)C(C)C)NC(=O)NC(C)(C)C. The van der Waals surface area contributed by atoms with Crippen molar-refractivity contribution in [3.05, 3.63) is 72.1 Å². The van der Waals surface area contributed by atoms with Crippen LogP contribution in [0.1, 0.15) is 80.7 Å². The molecule has 0 aliphatic carbocycles. The van der Waals surface area contributed by atoms with Gasteiger partial charge in [0.1, 0.15) is 5.84 Å². The molecule has 3 N–H and O–H groups in total. The van der Waals surface area contributed by atoms with Crippen LogP contribution in [0.25, 0.3) is 0 Å². The van der Waals surface area contributed by atoms with Crippen LogP contribution in [0.2, 0.25) is 0 Å². The van der Waals surface area contributed by atoms with Crippen LogP contribution in [0.3, 0.4) is 0 Å². The summed E-state index contributed by atoms with van der Waals surface area (Å²) in [5, 5.41) is 9.18. The van der Waals surface area contributed by atoms with Crippen molar-refractivity contribution in [2.45, 2.75) is 87.6 Å². The van der Waals surface area contributed by atoms with Crippen molar-refractivity contribution in [3.63, 3.8) is 0 Å². The van der Waals surface area contributed by atoms with Crippen molar-refractivity contribution < 1.29 is 4.79 Å².